The summed E-state index contributed by atoms with van der Waals surface area (Å²) < 4.78 is 4.62. The molecule has 4 N–H and O–H groups in total. The van der Waals surface area contributed by atoms with Crippen LogP contribution in [0.25, 0.3) is 6.08 Å². The third-order valence-electron chi connectivity index (χ3n) is 4.01. The van der Waals surface area contributed by atoms with E-state index in [0.29, 0.717) is 16.7 Å². The molecule has 1 amide bonds. The number of hydrogen-bond acceptors (Lipinski definition) is 6. The predicted molar refractivity (Wildman–Crippen MR) is 106 cm³/mol. The van der Waals surface area contributed by atoms with Gasteiger partial charge >= 0.3 is 17.9 Å². The van der Waals surface area contributed by atoms with Gasteiger partial charge in [0, 0.05) is 6.08 Å². The molecule has 0 radical (unpaired) electrons. The highest BCUT2D eigenvalue weighted by Gasteiger charge is 2.14. The highest BCUT2D eigenvalue weighted by molar-refractivity contribution is 6.06. The number of phenolic OH excluding ortho intramolecular Hbond substituents is 1. The van der Waals surface area contributed by atoms with Crippen LogP contribution in [0.5, 0.6) is 5.75 Å². The van der Waals surface area contributed by atoms with Crippen molar-refractivity contribution in [2.45, 2.75) is 12.8 Å². The summed E-state index contributed by atoms with van der Waals surface area (Å²) in [7, 11) is 1.17. The van der Waals surface area contributed by atoms with E-state index in [1.54, 1.807) is 6.07 Å². The number of carboxylic acids is 2. The lowest BCUT2D eigenvalue weighted by Gasteiger charge is -2.09. The first kappa shape index (κ1) is 22.2. The molecule has 0 aliphatic rings. The van der Waals surface area contributed by atoms with Crippen LogP contribution in [0.2, 0.25) is 0 Å². The Hall–Kier alpha value is -4.14. The van der Waals surface area contributed by atoms with E-state index < -0.39 is 23.8 Å². The third-order valence-corrected chi connectivity index (χ3v) is 4.01. The van der Waals surface area contributed by atoms with E-state index in [4.69, 9.17) is 10.2 Å². The number of nitrogens with one attached hydrogen (secondary N) is 1. The Kier molecular flexibility index (Phi) is 7.29. The number of rotatable bonds is 8. The summed E-state index contributed by atoms with van der Waals surface area (Å²) in [6, 6.07) is 8.36. The smallest absolute Gasteiger partial charge is 0.340 e. The van der Waals surface area contributed by atoms with Crippen molar-refractivity contribution in [3.8, 4) is 5.75 Å². The number of esters is 1. The lowest BCUT2D eigenvalue weighted by Crippen LogP contribution is -2.13. The lowest BCUT2D eigenvalue weighted by molar-refractivity contribution is -0.137. The summed E-state index contributed by atoms with van der Waals surface area (Å²) in [6.07, 6.45) is 1.92. The second kappa shape index (κ2) is 9.87. The fourth-order valence-electron chi connectivity index (χ4n) is 2.68. The molecular weight excluding hydrogens is 394 g/mol. The number of phenols is 1. The number of carboxylic acid groups (broad SMARTS) is 2. The van der Waals surface area contributed by atoms with E-state index >= 15 is 0 Å². The minimum Gasteiger partial charge on any atom is -0.508 e. The van der Waals surface area contributed by atoms with Crippen molar-refractivity contribution in [2.75, 3.05) is 12.4 Å². The Morgan fingerprint density at radius 3 is 2.27 bits per heavy atom. The number of aromatic hydroxyl groups is 1. The molecule has 2 aromatic rings. The monoisotopic (exact) mass is 413 g/mol. The first-order chi connectivity index (χ1) is 14.2. The summed E-state index contributed by atoms with van der Waals surface area (Å²) in [5.74, 6) is -3.68. The Bertz CT molecular complexity index is 1030. The SMILES string of the molecule is COC(=O)c1cc(O)ccc1NC(=O)/C=C/c1ccc(CC(=O)O)c(CC(=O)O)c1. The van der Waals surface area contributed by atoms with E-state index in [2.05, 4.69) is 10.1 Å². The molecule has 0 atom stereocenters. The molecule has 0 aromatic heterocycles. The van der Waals surface area contributed by atoms with Gasteiger partial charge in [-0.1, -0.05) is 18.2 Å². The minimum absolute atomic E-state index is 0.0268. The van der Waals surface area contributed by atoms with Gasteiger partial charge in [0.25, 0.3) is 0 Å². The van der Waals surface area contributed by atoms with Crippen molar-refractivity contribution in [1.29, 1.82) is 0 Å². The molecule has 0 fully saturated rings. The van der Waals surface area contributed by atoms with Crippen LogP contribution >= 0.6 is 0 Å². The number of carbonyl (C=O) groups is 4. The van der Waals surface area contributed by atoms with Crippen molar-refractivity contribution in [3.63, 3.8) is 0 Å². The molecule has 9 heteroatoms. The van der Waals surface area contributed by atoms with Gasteiger partial charge in [-0.05, 0) is 41.0 Å². The highest BCUT2D eigenvalue weighted by Crippen LogP contribution is 2.22. The maximum Gasteiger partial charge on any atom is 0.340 e. The first-order valence-corrected chi connectivity index (χ1v) is 8.65. The zero-order valence-corrected chi connectivity index (χ0v) is 15.9. The van der Waals surface area contributed by atoms with Gasteiger partial charge in [-0.3, -0.25) is 14.4 Å². The molecule has 30 heavy (non-hydrogen) atoms. The van der Waals surface area contributed by atoms with Crippen molar-refractivity contribution < 1.29 is 39.2 Å². The van der Waals surface area contributed by atoms with Crippen molar-refractivity contribution in [1.82, 2.24) is 0 Å². The molecule has 0 unspecified atom stereocenters. The maximum absolute atomic E-state index is 12.2. The second-order valence-corrected chi connectivity index (χ2v) is 6.21. The van der Waals surface area contributed by atoms with Gasteiger partial charge in [-0.2, -0.15) is 0 Å². The molecule has 156 valence electrons. The van der Waals surface area contributed by atoms with Crippen LogP contribution in [0.3, 0.4) is 0 Å². The number of methoxy groups -OCH3 is 1. The average Bonchev–Trinajstić information content (AvgIpc) is 2.68. The Morgan fingerprint density at radius 1 is 0.967 bits per heavy atom. The molecule has 0 spiro atoms. The van der Waals surface area contributed by atoms with E-state index in [1.165, 1.54) is 43.5 Å². The summed E-state index contributed by atoms with van der Waals surface area (Å²) in [5.41, 5.74) is 1.31. The minimum atomic E-state index is -1.11. The molecule has 0 saturated heterocycles. The van der Waals surface area contributed by atoms with Crippen LogP contribution in [-0.4, -0.2) is 46.2 Å². The topological polar surface area (TPSA) is 150 Å². The molecule has 0 saturated carbocycles. The normalized spacial score (nSPS) is 10.6. The van der Waals surface area contributed by atoms with Gasteiger partial charge in [-0.15, -0.1) is 0 Å². The van der Waals surface area contributed by atoms with Crippen molar-refractivity contribution >= 4 is 35.6 Å². The second-order valence-electron chi connectivity index (χ2n) is 6.21. The molecule has 9 nitrogen and oxygen atoms in total. The number of anilines is 1. The van der Waals surface area contributed by atoms with Crippen molar-refractivity contribution in [2.24, 2.45) is 0 Å². The number of benzene rings is 2. The molecule has 0 bridgehead atoms. The number of aliphatic carboxylic acids is 2. The van der Waals surface area contributed by atoms with E-state index in [0.717, 1.165) is 6.07 Å². The van der Waals surface area contributed by atoms with Crippen LogP contribution in [-0.2, 0) is 32.0 Å². The zero-order valence-electron chi connectivity index (χ0n) is 15.9. The molecular formula is C21H19NO8. The van der Waals surface area contributed by atoms with Gasteiger partial charge in [0.2, 0.25) is 5.91 Å². The zero-order chi connectivity index (χ0) is 22.3. The van der Waals surface area contributed by atoms with Crippen LogP contribution in [0.4, 0.5) is 5.69 Å². The standard InChI is InChI=1S/C21H19NO8/c1-30-21(29)16-11-15(23)5-6-17(16)22-18(24)7-3-12-2-4-13(9-19(25)26)14(8-12)10-20(27)28/h2-8,11,23H,9-10H2,1H3,(H,22,24)(H,25,26)(H,27,28)/b7-3+. The average molecular weight is 413 g/mol. The van der Waals surface area contributed by atoms with Crippen LogP contribution in [0, 0.1) is 0 Å². The predicted octanol–water partition coefficient (Wildman–Crippen LogP) is 2.08. The highest BCUT2D eigenvalue weighted by atomic mass is 16.5. The van der Waals surface area contributed by atoms with Gasteiger partial charge in [0.1, 0.15) is 5.75 Å². The van der Waals surface area contributed by atoms with Gasteiger partial charge < -0.3 is 25.4 Å². The Labute approximate surface area is 171 Å². The number of carbonyl (C=O) groups excluding carboxylic acids is 2. The van der Waals surface area contributed by atoms with Gasteiger partial charge in [0.05, 0.1) is 31.2 Å². The molecule has 0 heterocycles. The largest absolute Gasteiger partial charge is 0.508 e. The fourth-order valence-corrected chi connectivity index (χ4v) is 2.68. The molecule has 0 aliphatic heterocycles. The summed E-state index contributed by atoms with van der Waals surface area (Å²) in [6.45, 7) is 0. The van der Waals surface area contributed by atoms with E-state index in [9.17, 15) is 24.3 Å². The molecule has 0 aliphatic carbocycles. The lowest BCUT2D eigenvalue weighted by atomic mass is 9.98. The van der Waals surface area contributed by atoms with E-state index in [1.807, 2.05) is 0 Å². The molecule has 2 aromatic carbocycles. The number of amides is 1. The summed E-state index contributed by atoms with van der Waals surface area (Å²) in [5, 5.41) is 30.0. The van der Waals surface area contributed by atoms with Gasteiger partial charge in [-0.25, -0.2) is 4.79 Å². The third kappa shape index (κ3) is 6.20. The Morgan fingerprint density at radius 2 is 1.63 bits per heavy atom. The first-order valence-electron chi connectivity index (χ1n) is 8.65. The Balaban J connectivity index is 2.21. The van der Waals surface area contributed by atoms with Crippen molar-refractivity contribution in [3.05, 3.63) is 64.7 Å². The fraction of sp³-hybridized carbons (Fsp3) is 0.143. The quantitative estimate of drug-likeness (QED) is 0.292. The maximum atomic E-state index is 12.2. The van der Waals surface area contributed by atoms with Gasteiger partial charge in [0.15, 0.2) is 0 Å². The molecule has 2 rings (SSSR count). The van der Waals surface area contributed by atoms with Crippen LogP contribution in [0.15, 0.2) is 42.5 Å². The van der Waals surface area contributed by atoms with Crippen LogP contribution < -0.4 is 5.32 Å². The number of ether oxygens (including phenoxy) is 1. The number of hydrogen-bond donors (Lipinski definition) is 4. The van der Waals surface area contributed by atoms with E-state index in [-0.39, 0.29) is 29.8 Å². The summed E-state index contributed by atoms with van der Waals surface area (Å²) in [4.78, 5) is 46.0. The summed E-state index contributed by atoms with van der Waals surface area (Å²) >= 11 is 0. The van der Waals surface area contributed by atoms with Crippen LogP contribution in [0.1, 0.15) is 27.0 Å².